The Bertz CT molecular complexity index is 3400. The maximum Gasteiger partial charge on any atom is 0.142 e. The number of hydrogen-bond donors (Lipinski definition) is 0. The van der Waals surface area contributed by atoms with Gasteiger partial charge in [0.2, 0.25) is 0 Å². The van der Waals surface area contributed by atoms with Crippen LogP contribution in [0.5, 0.6) is 17.2 Å². The highest BCUT2D eigenvalue weighted by atomic mass is 16.5. The minimum absolute atomic E-state index is 0.715. The van der Waals surface area contributed by atoms with Crippen molar-refractivity contribution in [3.05, 3.63) is 325 Å². The molecule has 81 heavy (non-hydrogen) atoms. The molecule has 0 aliphatic carbocycles. The summed E-state index contributed by atoms with van der Waals surface area (Å²) in [5.41, 5.74) is 14.6. The van der Waals surface area contributed by atoms with Crippen LogP contribution in [0.1, 0.15) is 33.4 Å². The summed E-state index contributed by atoms with van der Waals surface area (Å²) in [6, 6.07) is 88.1. The lowest BCUT2D eigenvalue weighted by Crippen LogP contribution is -2.17. The molecule has 0 saturated heterocycles. The predicted molar refractivity (Wildman–Crippen MR) is 344 cm³/mol. The third-order valence-electron chi connectivity index (χ3n) is 13.6. The normalized spacial score (nSPS) is 11.6. The fraction of sp³-hybridized carbons (Fsp3) is 0.0400. The summed E-state index contributed by atoms with van der Waals surface area (Å²) in [7, 11) is 5.16. The van der Waals surface area contributed by atoms with E-state index in [4.69, 9.17) is 14.2 Å². The molecule has 0 unspecified atom stereocenters. The van der Waals surface area contributed by atoms with Crippen LogP contribution in [0.2, 0.25) is 0 Å². The van der Waals surface area contributed by atoms with E-state index in [0.29, 0.717) is 17.2 Å². The van der Waals surface area contributed by atoms with E-state index < -0.39 is 0 Å². The molecule has 0 fully saturated rings. The van der Waals surface area contributed by atoms with Crippen LogP contribution in [0.3, 0.4) is 0 Å². The molecule has 10 aromatic rings. The maximum absolute atomic E-state index is 6.19. The standard InChI is InChI=1S/C75H63N3O3/c1-79-73-40-22-19-37-70(73)76(64-49-43-61(44-50-64)34-16-13-31-58-25-7-4-8-26-58)67-55-68(77(71-38-20-23-41-74(71)80-2)65-51-45-62(46-52-65)35-17-14-32-59-27-9-5-10-28-59)57-69(56-67)78(72-39-21-24-42-75(72)81-3)66-53-47-63(48-54-66)36-18-15-33-60-29-11-6-12-30-60/h4-57H,1-3H3/b31-13+,32-14+,33-15+,34-16+,35-17+,36-18+. The molecular formula is C75H63N3O3. The van der Waals surface area contributed by atoms with Gasteiger partial charge in [-0.2, -0.15) is 0 Å². The van der Waals surface area contributed by atoms with E-state index in [1.54, 1.807) is 21.3 Å². The number of ether oxygens (including phenoxy) is 3. The average Bonchev–Trinajstić information content (AvgIpc) is 3.59. The molecule has 0 atom stereocenters. The molecule has 0 heterocycles. The van der Waals surface area contributed by atoms with Crippen LogP contribution in [0.15, 0.2) is 291 Å². The van der Waals surface area contributed by atoms with Crippen molar-refractivity contribution in [3.63, 3.8) is 0 Å². The molecule has 6 nitrogen and oxygen atoms in total. The maximum atomic E-state index is 6.19. The first-order valence-electron chi connectivity index (χ1n) is 27.0. The number of allylic oxidation sites excluding steroid dienone is 6. The summed E-state index contributed by atoms with van der Waals surface area (Å²) >= 11 is 0. The van der Waals surface area contributed by atoms with Gasteiger partial charge < -0.3 is 28.9 Å². The number of hydrogen-bond acceptors (Lipinski definition) is 6. The Morgan fingerprint density at radius 3 is 0.667 bits per heavy atom. The molecule has 0 amide bonds. The molecule has 0 aromatic heterocycles. The molecule has 0 saturated carbocycles. The van der Waals surface area contributed by atoms with Crippen LogP contribution < -0.4 is 28.9 Å². The van der Waals surface area contributed by atoms with Gasteiger partial charge in [0.25, 0.3) is 0 Å². The monoisotopic (exact) mass is 1050 g/mol. The third kappa shape index (κ3) is 13.8. The zero-order valence-corrected chi connectivity index (χ0v) is 45.7. The Morgan fingerprint density at radius 2 is 0.432 bits per heavy atom. The summed E-state index contributed by atoms with van der Waals surface area (Å²) < 4.78 is 18.6. The molecule has 6 heteroatoms. The van der Waals surface area contributed by atoms with E-state index in [-0.39, 0.29) is 0 Å². The third-order valence-corrected chi connectivity index (χ3v) is 13.6. The van der Waals surface area contributed by atoms with Gasteiger partial charge in [-0.3, -0.25) is 0 Å². The quantitative estimate of drug-likeness (QED) is 0.0668. The SMILES string of the molecule is COc1ccccc1N(c1ccc(/C=C/C=C/c2ccccc2)cc1)c1cc(N(c2ccc(/C=C/C=C/c3ccccc3)cc2)c2ccccc2OC)cc(N(c2ccc(/C=C/C=C/c3ccccc3)cc2)c2ccccc2OC)c1. The lowest BCUT2D eigenvalue weighted by molar-refractivity contribution is 0.416. The van der Waals surface area contributed by atoms with Gasteiger partial charge in [0.1, 0.15) is 17.2 Å². The fourth-order valence-corrected chi connectivity index (χ4v) is 9.59. The van der Waals surface area contributed by atoms with Crippen LogP contribution in [0.25, 0.3) is 36.5 Å². The largest absolute Gasteiger partial charge is 0.495 e. The highest BCUT2D eigenvalue weighted by Gasteiger charge is 2.26. The van der Waals surface area contributed by atoms with E-state index in [0.717, 1.165) is 84.6 Å². The van der Waals surface area contributed by atoms with Crippen molar-refractivity contribution in [2.75, 3.05) is 36.0 Å². The van der Waals surface area contributed by atoms with Crippen LogP contribution in [0, 0.1) is 0 Å². The smallest absolute Gasteiger partial charge is 0.142 e. The first-order valence-corrected chi connectivity index (χ1v) is 27.0. The number of benzene rings is 10. The fourth-order valence-electron chi connectivity index (χ4n) is 9.59. The second kappa shape index (κ2) is 27.2. The molecular weight excluding hydrogens is 991 g/mol. The van der Waals surface area contributed by atoms with Gasteiger partial charge in [-0.05, 0) is 124 Å². The van der Waals surface area contributed by atoms with E-state index in [2.05, 4.69) is 251 Å². The molecule has 396 valence electrons. The highest BCUT2D eigenvalue weighted by Crippen LogP contribution is 2.49. The minimum Gasteiger partial charge on any atom is -0.495 e. The zero-order valence-electron chi connectivity index (χ0n) is 45.7. The molecule has 0 radical (unpaired) electrons. The Morgan fingerprint density at radius 1 is 0.222 bits per heavy atom. The van der Waals surface area contributed by atoms with Crippen LogP contribution >= 0.6 is 0 Å². The lowest BCUT2D eigenvalue weighted by Gasteiger charge is -2.34. The summed E-state index contributed by atoms with van der Waals surface area (Å²) in [6.45, 7) is 0. The molecule has 0 aliphatic rings. The molecule has 10 aromatic carbocycles. The average molecular weight is 1050 g/mol. The number of methoxy groups -OCH3 is 3. The van der Waals surface area contributed by atoms with Crippen LogP contribution in [-0.2, 0) is 0 Å². The topological polar surface area (TPSA) is 37.4 Å². The zero-order chi connectivity index (χ0) is 55.4. The van der Waals surface area contributed by atoms with E-state index in [1.807, 2.05) is 91.0 Å². The van der Waals surface area contributed by atoms with Crippen molar-refractivity contribution in [2.24, 2.45) is 0 Å². The molecule has 0 spiro atoms. The van der Waals surface area contributed by atoms with E-state index in [9.17, 15) is 0 Å². The Hall–Kier alpha value is -10.6. The number of rotatable bonds is 21. The molecule has 0 aliphatic heterocycles. The van der Waals surface area contributed by atoms with Crippen molar-refractivity contribution in [1.82, 2.24) is 0 Å². The Balaban J connectivity index is 1.15. The highest BCUT2D eigenvalue weighted by molar-refractivity contribution is 5.92. The summed E-state index contributed by atoms with van der Waals surface area (Å²) in [6.07, 6.45) is 25.1. The summed E-state index contributed by atoms with van der Waals surface area (Å²) in [4.78, 5) is 6.80. The molecule has 10 rings (SSSR count). The van der Waals surface area contributed by atoms with Crippen molar-refractivity contribution in [2.45, 2.75) is 0 Å². The second-order valence-electron chi connectivity index (χ2n) is 18.9. The molecule has 0 bridgehead atoms. The van der Waals surface area contributed by atoms with Gasteiger partial charge >= 0.3 is 0 Å². The minimum atomic E-state index is 0.715. The first-order chi connectivity index (χ1) is 40.0. The Labute approximate surface area is 477 Å². The van der Waals surface area contributed by atoms with Gasteiger partial charge in [0.05, 0.1) is 55.5 Å². The van der Waals surface area contributed by atoms with Crippen LogP contribution in [-0.4, -0.2) is 21.3 Å². The summed E-state index contributed by atoms with van der Waals surface area (Å²) in [5, 5.41) is 0. The Kier molecular flexibility index (Phi) is 18.0. The van der Waals surface area contributed by atoms with Crippen LogP contribution in [0.4, 0.5) is 51.2 Å². The number of anilines is 9. The van der Waals surface area contributed by atoms with Crippen molar-refractivity contribution >= 4 is 87.6 Å². The van der Waals surface area contributed by atoms with E-state index in [1.165, 1.54) is 0 Å². The lowest BCUT2D eigenvalue weighted by atomic mass is 10.1. The number of nitrogens with zero attached hydrogens (tertiary/aromatic N) is 3. The predicted octanol–water partition coefficient (Wildman–Crippen LogP) is 20.3. The summed E-state index contributed by atoms with van der Waals surface area (Å²) in [5.74, 6) is 2.14. The van der Waals surface area contributed by atoms with Crippen molar-refractivity contribution < 1.29 is 14.2 Å². The van der Waals surface area contributed by atoms with Gasteiger partial charge in [-0.1, -0.05) is 237 Å². The second-order valence-corrected chi connectivity index (χ2v) is 18.9. The first kappa shape index (κ1) is 53.8. The van der Waals surface area contributed by atoms with Crippen molar-refractivity contribution in [1.29, 1.82) is 0 Å². The number of para-hydroxylation sites is 6. The van der Waals surface area contributed by atoms with E-state index >= 15 is 0 Å². The van der Waals surface area contributed by atoms with Gasteiger partial charge in [-0.25, -0.2) is 0 Å². The molecule has 0 N–H and O–H groups in total. The van der Waals surface area contributed by atoms with Crippen molar-refractivity contribution in [3.8, 4) is 17.2 Å². The van der Waals surface area contributed by atoms with Gasteiger partial charge in [0, 0.05) is 17.1 Å². The van der Waals surface area contributed by atoms with Gasteiger partial charge in [0.15, 0.2) is 0 Å². The van der Waals surface area contributed by atoms with Gasteiger partial charge in [-0.15, -0.1) is 0 Å².